The van der Waals surface area contributed by atoms with E-state index in [1.165, 1.54) is 49.2 Å². The number of halogens is 4. The fraction of sp³-hybridized carbons (Fsp3) is 0.143. The Hall–Kier alpha value is -4.02. The number of aromatic nitrogens is 3. The van der Waals surface area contributed by atoms with Crippen LogP contribution in [0.2, 0.25) is 0 Å². The molecule has 166 valence electrons. The lowest BCUT2D eigenvalue weighted by molar-refractivity contribution is 0.351. The van der Waals surface area contributed by atoms with Crippen LogP contribution in [0.4, 0.5) is 17.6 Å². The van der Waals surface area contributed by atoms with Crippen LogP contribution in [0, 0.1) is 30.2 Å². The number of aryl methyl sites for hydroxylation is 1. The largest absolute Gasteiger partial charge is 0.494 e. The van der Waals surface area contributed by atoms with Gasteiger partial charge in [-0.25, -0.2) is 9.50 Å². The molecule has 7 nitrogen and oxygen atoms in total. The zero-order chi connectivity index (χ0) is 23.0. The van der Waals surface area contributed by atoms with Gasteiger partial charge in [-0.15, -0.1) is 5.10 Å². The summed E-state index contributed by atoms with van der Waals surface area (Å²) in [5.41, 5.74) is 0.699. The summed E-state index contributed by atoms with van der Waals surface area (Å²) in [4.78, 5) is 4.13. The van der Waals surface area contributed by atoms with E-state index in [4.69, 9.17) is 18.9 Å². The Labute approximate surface area is 178 Å². The first-order valence-corrected chi connectivity index (χ1v) is 9.09. The second-order valence-corrected chi connectivity index (χ2v) is 6.47. The van der Waals surface area contributed by atoms with E-state index in [-0.39, 0.29) is 28.8 Å². The number of benzene rings is 2. The maximum absolute atomic E-state index is 14.4. The molecule has 0 fully saturated rings. The summed E-state index contributed by atoms with van der Waals surface area (Å²) in [7, 11) is 2.39. The lowest BCUT2D eigenvalue weighted by Crippen LogP contribution is -2.02. The summed E-state index contributed by atoms with van der Waals surface area (Å²) in [6.07, 6.45) is 1.46. The first kappa shape index (κ1) is 21.2. The van der Waals surface area contributed by atoms with Crippen molar-refractivity contribution in [3.05, 3.63) is 65.5 Å². The molecule has 0 aliphatic heterocycles. The van der Waals surface area contributed by atoms with Crippen LogP contribution in [0.15, 0.2) is 36.5 Å². The van der Waals surface area contributed by atoms with Gasteiger partial charge in [-0.3, -0.25) is 0 Å². The van der Waals surface area contributed by atoms with Gasteiger partial charge in [0.1, 0.15) is 0 Å². The third kappa shape index (κ3) is 3.61. The highest BCUT2D eigenvalue weighted by molar-refractivity contribution is 5.57. The van der Waals surface area contributed by atoms with Gasteiger partial charge in [-0.05, 0) is 31.2 Å². The Morgan fingerprint density at radius 2 is 1.22 bits per heavy atom. The van der Waals surface area contributed by atoms with Crippen molar-refractivity contribution in [1.82, 2.24) is 14.6 Å². The summed E-state index contributed by atoms with van der Waals surface area (Å²) < 4.78 is 78.5. The summed E-state index contributed by atoms with van der Waals surface area (Å²) in [6, 6.07) is 5.88. The van der Waals surface area contributed by atoms with Crippen LogP contribution in [0.1, 0.15) is 5.69 Å². The van der Waals surface area contributed by atoms with E-state index >= 15 is 0 Å². The van der Waals surface area contributed by atoms with Crippen LogP contribution in [0.5, 0.6) is 34.6 Å². The number of imidazole rings is 1. The van der Waals surface area contributed by atoms with E-state index in [1.807, 2.05) is 0 Å². The molecule has 2 aromatic heterocycles. The Morgan fingerprint density at radius 3 is 1.78 bits per heavy atom. The van der Waals surface area contributed by atoms with E-state index in [2.05, 4.69) is 10.1 Å². The Balaban J connectivity index is 1.77. The Kier molecular flexibility index (Phi) is 5.47. The van der Waals surface area contributed by atoms with Crippen molar-refractivity contribution in [1.29, 1.82) is 0 Å². The van der Waals surface area contributed by atoms with Crippen molar-refractivity contribution in [2.75, 3.05) is 14.2 Å². The van der Waals surface area contributed by atoms with Gasteiger partial charge in [-0.2, -0.15) is 17.6 Å². The van der Waals surface area contributed by atoms with E-state index in [0.717, 1.165) is 6.07 Å². The van der Waals surface area contributed by atoms with Crippen molar-refractivity contribution in [3.8, 4) is 34.6 Å². The molecule has 0 saturated carbocycles. The minimum Gasteiger partial charge on any atom is -0.494 e. The molecule has 0 aliphatic rings. The molecule has 0 amide bonds. The van der Waals surface area contributed by atoms with Crippen molar-refractivity contribution >= 4 is 5.65 Å². The molecule has 11 heteroatoms. The molecule has 0 N–H and O–H groups in total. The molecular formula is C21H15F4N3O4. The van der Waals surface area contributed by atoms with Gasteiger partial charge in [-0.1, -0.05) is 0 Å². The summed E-state index contributed by atoms with van der Waals surface area (Å²) in [5.74, 6) is -6.86. The van der Waals surface area contributed by atoms with Gasteiger partial charge in [0.2, 0.25) is 29.1 Å². The van der Waals surface area contributed by atoms with Crippen LogP contribution in [-0.2, 0) is 0 Å². The standard InChI is InChI=1S/C21H15F4N3O4/c1-10-9-26-21-15(31-13-6-4-11(29-2)17(22)19(13)24)8-16(27-28(10)21)32-14-7-5-12(30-3)18(23)20(14)25/h4-9H,1-3H3. The highest BCUT2D eigenvalue weighted by Crippen LogP contribution is 2.36. The molecule has 0 bridgehead atoms. The highest BCUT2D eigenvalue weighted by atomic mass is 19.2. The van der Waals surface area contributed by atoms with Crippen LogP contribution >= 0.6 is 0 Å². The normalized spacial score (nSPS) is 11.0. The van der Waals surface area contributed by atoms with E-state index in [9.17, 15) is 17.6 Å². The zero-order valence-corrected chi connectivity index (χ0v) is 17.0. The number of fused-ring (bicyclic) bond motifs is 1. The molecule has 0 spiro atoms. The van der Waals surface area contributed by atoms with Crippen molar-refractivity contribution < 1.29 is 36.5 Å². The van der Waals surface area contributed by atoms with E-state index in [1.54, 1.807) is 6.92 Å². The first-order chi connectivity index (χ1) is 15.3. The molecule has 32 heavy (non-hydrogen) atoms. The molecular weight excluding hydrogens is 434 g/mol. The van der Waals surface area contributed by atoms with Gasteiger partial charge in [0.25, 0.3) is 0 Å². The third-order valence-corrected chi connectivity index (χ3v) is 4.48. The second-order valence-electron chi connectivity index (χ2n) is 6.47. The number of hydrogen-bond acceptors (Lipinski definition) is 6. The number of ether oxygens (including phenoxy) is 4. The van der Waals surface area contributed by atoms with Gasteiger partial charge < -0.3 is 18.9 Å². The minimum absolute atomic E-state index is 0.0686. The monoisotopic (exact) mass is 449 g/mol. The second kappa shape index (κ2) is 8.25. The van der Waals surface area contributed by atoms with E-state index in [0.29, 0.717) is 5.69 Å². The molecule has 0 radical (unpaired) electrons. The Bertz CT molecular complexity index is 1330. The van der Waals surface area contributed by atoms with Crippen molar-refractivity contribution in [3.63, 3.8) is 0 Å². The van der Waals surface area contributed by atoms with Crippen LogP contribution in [0.25, 0.3) is 5.65 Å². The number of hydrogen-bond donors (Lipinski definition) is 0. The van der Waals surface area contributed by atoms with Crippen molar-refractivity contribution in [2.24, 2.45) is 0 Å². The lowest BCUT2D eigenvalue weighted by atomic mass is 10.3. The van der Waals surface area contributed by atoms with E-state index < -0.39 is 34.8 Å². The number of rotatable bonds is 6. The SMILES string of the molecule is COc1ccc(Oc2cc(Oc3ccc(OC)c(F)c3F)c3ncc(C)n3n2)c(F)c1F. The lowest BCUT2D eigenvalue weighted by Gasteiger charge is -2.13. The summed E-state index contributed by atoms with van der Waals surface area (Å²) in [5, 5.41) is 4.16. The quantitative estimate of drug-likeness (QED) is 0.377. The highest BCUT2D eigenvalue weighted by Gasteiger charge is 2.21. The van der Waals surface area contributed by atoms with Gasteiger partial charge >= 0.3 is 0 Å². The smallest absolute Gasteiger partial charge is 0.241 e. The van der Waals surface area contributed by atoms with Crippen molar-refractivity contribution in [2.45, 2.75) is 6.92 Å². The van der Waals surface area contributed by atoms with Crippen LogP contribution in [-0.4, -0.2) is 28.8 Å². The predicted octanol–water partition coefficient (Wildman–Crippen LogP) is 5.20. The molecule has 4 rings (SSSR count). The molecule has 0 atom stereocenters. The fourth-order valence-electron chi connectivity index (χ4n) is 2.89. The van der Waals surface area contributed by atoms with Crippen LogP contribution in [0.3, 0.4) is 0 Å². The molecule has 0 aliphatic carbocycles. The van der Waals surface area contributed by atoms with Gasteiger partial charge in [0.15, 0.2) is 34.4 Å². The molecule has 0 unspecified atom stereocenters. The fourth-order valence-corrected chi connectivity index (χ4v) is 2.89. The maximum atomic E-state index is 14.4. The molecule has 0 saturated heterocycles. The van der Waals surface area contributed by atoms with Gasteiger partial charge in [0.05, 0.1) is 26.1 Å². The van der Waals surface area contributed by atoms with Crippen LogP contribution < -0.4 is 18.9 Å². The minimum atomic E-state index is -1.29. The Morgan fingerprint density at radius 1 is 0.719 bits per heavy atom. The molecule has 2 heterocycles. The predicted molar refractivity (Wildman–Crippen MR) is 104 cm³/mol. The number of nitrogens with zero attached hydrogens (tertiary/aromatic N) is 3. The molecule has 4 aromatic rings. The average Bonchev–Trinajstić information content (AvgIpc) is 3.16. The average molecular weight is 449 g/mol. The first-order valence-electron chi connectivity index (χ1n) is 9.09. The number of methoxy groups -OCH3 is 2. The molecule has 2 aromatic carbocycles. The zero-order valence-electron chi connectivity index (χ0n) is 17.0. The van der Waals surface area contributed by atoms with Gasteiger partial charge in [0, 0.05) is 6.07 Å². The summed E-state index contributed by atoms with van der Waals surface area (Å²) >= 11 is 0. The summed E-state index contributed by atoms with van der Waals surface area (Å²) in [6.45, 7) is 1.67. The topological polar surface area (TPSA) is 67.1 Å². The third-order valence-electron chi connectivity index (χ3n) is 4.48. The maximum Gasteiger partial charge on any atom is 0.241 e.